The molecule has 2 aromatic heterocycles. The van der Waals surface area contributed by atoms with Gasteiger partial charge in [-0.25, -0.2) is 0 Å². The number of aromatic nitrogens is 2. The predicted molar refractivity (Wildman–Crippen MR) is 121 cm³/mol. The molecule has 158 valence electrons. The van der Waals surface area contributed by atoms with E-state index < -0.39 is 0 Å². The molecule has 31 heavy (non-hydrogen) atoms. The van der Waals surface area contributed by atoms with Gasteiger partial charge < -0.3 is 14.6 Å². The number of hydrogen-bond donors (Lipinski definition) is 1. The maximum atomic E-state index is 12.5. The Kier molecular flexibility index (Phi) is 6.13. The van der Waals surface area contributed by atoms with Crippen LogP contribution in [0.3, 0.4) is 0 Å². The molecule has 0 fully saturated rings. The molecule has 0 bridgehead atoms. The van der Waals surface area contributed by atoms with Crippen LogP contribution < -0.4 is 10.1 Å². The number of carbonyl (C=O) groups is 1. The Balaban J connectivity index is 1.38. The molecule has 2 aromatic carbocycles. The third-order valence-electron chi connectivity index (χ3n) is 4.52. The van der Waals surface area contributed by atoms with Crippen LogP contribution in [0.4, 0.5) is 0 Å². The number of hydrogen-bond acceptors (Lipinski definition) is 6. The fourth-order valence-corrected chi connectivity index (χ4v) is 3.79. The van der Waals surface area contributed by atoms with E-state index in [1.54, 1.807) is 6.07 Å². The van der Waals surface area contributed by atoms with Gasteiger partial charge in [-0.3, -0.25) is 4.79 Å². The standard InChI is InChI=1S/C24H23N3O3S/c1-15(2)29-19-10-6-17(7-11-19)14-25-23(28)21-13-12-20(31-21)22-26-24(30-27-22)18-8-4-16(3)5-9-18/h4-13,15H,14H2,1-3H3,(H,25,28). The van der Waals surface area contributed by atoms with Crippen molar-refractivity contribution >= 4 is 17.2 Å². The molecule has 4 aromatic rings. The van der Waals surface area contributed by atoms with Crippen molar-refractivity contribution in [1.82, 2.24) is 15.5 Å². The molecule has 1 amide bonds. The summed E-state index contributed by atoms with van der Waals surface area (Å²) in [5, 5.41) is 7.00. The Morgan fingerprint density at radius 2 is 1.81 bits per heavy atom. The van der Waals surface area contributed by atoms with Gasteiger partial charge in [0.15, 0.2) is 0 Å². The molecule has 2 heterocycles. The lowest BCUT2D eigenvalue weighted by Crippen LogP contribution is -2.21. The van der Waals surface area contributed by atoms with Gasteiger partial charge in [0.2, 0.25) is 5.82 Å². The first-order valence-electron chi connectivity index (χ1n) is 10.0. The largest absolute Gasteiger partial charge is 0.491 e. The quantitative estimate of drug-likeness (QED) is 0.417. The van der Waals surface area contributed by atoms with Gasteiger partial charge >= 0.3 is 0 Å². The summed E-state index contributed by atoms with van der Waals surface area (Å²) >= 11 is 1.33. The van der Waals surface area contributed by atoms with Crippen molar-refractivity contribution < 1.29 is 14.1 Å². The monoisotopic (exact) mass is 433 g/mol. The summed E-state index contributed by atoms with van der Waals surface area (Å²) in [5.74, 6) is 1.61. The fourth-order valence-electron chi connectivity index (χ4n) is 2.94. The summed E-state index contributed by atoms with van der Waals surface area (Å²) in [7, 11) is 0. The molecule has 0 aliphatic heterocycles. The van der Waals surface area contributed by atoms with Gasteiger partial charge in [-0.1, -0.05) is 35.0 Å². The minimum Gasteiger partial charge on any atom is -0.491 e. The molecule has 0 saturated carbocycles. The Hall–Kier alpha value is -3.45. The number of thiophene rings is 1. The second-order valence-corrected chi connectivity index (χ2v) is 8.53. The number of amides is 1. The van der Waals surface area contributed by atoms with Crippen LogP contribution in [0.1, 0.15) is 34.6 Å². The van der Waals surface area contributed by atoms with Gasteiger partial charge in [-0.2, -0.15) is 4.98 Å². The minimum atomic E-state index is -0.138. The van der Waals surface area contributed by atoms with E-state index in [0.29, 0.717) is 23.1 Å². The molecular weight excluding hydrogens is 410 g/mol. The molecule has 0 aliphatic rings. The molecule has 0 atom stereocenters. The number of aryl methyl sites for hydroxylation is 1. The molecule has 0 unspecified atom stereocenters. The van der Waals surface area contributed by atoms with E-state index in [1.807, 2.05) is 75.4 Å². The molecule has 0 aliphatic carbocycles. The summed E-state index contributed by atoms with van der Waals surface area (Å²) in [4.78, 5) is 18.4. The molecular formula is C24H23N3O3S. The SMILES string of the molecule is Cc1ccc(-c2nc(-c3ccc(C(=O)NCc4ccc(OC(C)C)cc4)s3)no2)cc1. The van der Waals surface area contributed by atoms with Crippen molar-refractivity contribution in [2.75, 3.05) is 0 Å². The van der Waals surface area contributed by atoms with Crippen LogP contribution in [-0.2, 0) is 6.54 Å². The van der Waals surface area contributed by atoms with E-state index in [0.717, 1.165) is 27.3 Å². The summed E-state index contributed by atoms with van der Waals surface area (Å²) < 4.78 is 11.0. The van der Waals surface area contributed by atoms with Crippen molar-refractivity contribution in [3.05, 3.63) is 76.7 Å². The molecule has 1 N–H and O–H groups in total. The highest BCUT2D eigenvalue weighted by Crippen LogP contribution is 2.28. The van der Waals surface area contributed by atoms with Gasteiger partial charge in [0.05, 0.1) is 15.9 Å². The van der Waals surface area contributed by atoms with Gasteiger partial charge in [0.1, 0.15) is 5.75 Å². The number of carbonyl (C=O) groups excluding carboxylic acids is 1. The Bertz CT molecular complexity index is 1160. The van der Waals surface area contributed by atoms with Gasteiger partial charge in [0.25, 0.3) is 11.8 Å². The number of nitrogens with one attached hydrogen (secondary N) is 1. The van der Waals surface area contributed by atoms with E-state index >= 15 is 0 Å². The topological polar surface area (TPSA) is 77.2 Å². The number of benzene rings is 2. The molecule has 6 nitrogen and oxygen atoms in total. The van der Waals surface area contributed by atoms with Crippen LogP contribution in [0.25, 0.3) is 22.2 Å². The third kappa shape index (κ3) is 5.19. The minimum absolute atomic E-state index is 0.130. The summed E-state index contributed by atoms with van der Waals surface area (Å²) in [6.45, 7) is 6.44. The zero-order valence-electron chi connectivity index (χ0n) is 17.6. The first-order valence-corrected chi connectivity index (χ1v) is 10.8. The fraction of sp³-hybridized carbons (Fsp3) is 0.208. The zero-order chi connectivity index (χ0) is 21.8. The molecule has 0 radical (unpaired) electrons. The van der Waals surface area contributed by atoms with E-state index in [4.69, 9.17) is 9.26 Å². The highest BCUT2D eigenvalue weighted by molar-refractivity contribution is 7.17. The molecule has 0 saturated heterocycles. The van der Waals surface area contributed by atoms with Crippen LogP contribution in [0.5, 0.6) is 5.75 Å². The molecule has 4 rings (SSSR count). The third-order valence-corrected chi connectivity index (χ3v) is 5.60. The highest BCUT2D eigenvalue weighted by atomic mass is 32.1. The lowest BCUT2D eigenvalue weighted by Gasteiger charge is -2.10. The normalized spacial score (nSPS) is 11.0. The van der Waals surface area contributed by atoms with Crippen molar-refractivity contribution in [2.45, 2.75) is 33.4 Å². The van der Waals surface area contributed by atoms with Crippen LogP contribution in [-0.4, -0.2) is 22.2 Å². The average Bonchev–Trinajstić information content (AvgIpc) is 3.43. The van der Waals surface area contributed by atoms with Crippen LogP contribution in [0.2, 0.25) is 0 Å². The Morgan fingerprint density at radius 1 is 1.06 bits per heavy atom. The second kappa shape index (κ2) is 9.14. The van der Waals surface area contributed by atoms with Crippen LogP contribution >= 0.6 is 11.3 Å². The number of nitrogens with zero attached hydrogens (tertiary/aromatic N) is 2. The van der Waals surface area contributed by atoms with Crippen LogP contribution in [0.15, 0.2) is 65.2 Å². The smallest absolute Gasteiger partial charge is 0.261 e. The van der Waals surface area contributed by atoms with E-state index in [1.165, 1.54) is 11.3 Å². The first-order chi connectivity index (χ1) is 15.0. The highest BCUT2D eigenvalue weighted by Gasteiger charge is 2.15. The van der Waals surface area contributed by atoms with Crippen LogP contribution in [0, 0.1) is 6.92 Å². The summed E-state index contributed by atoms with van der Waals surface area (Å²) in [6.07, 6.45) is 0.130. The lowest BCUT2D eigenvalue weighted by molar-refractivity contribution is 0.0955. The number of ether oxygens (including phenoxy) is 1. The van der Waals surface area contributed by atoms with E-state index in [9.17, 15) is 4.79 Å². The van der Waals surface area contributed by atoms with Crippen molar-refractivity contribution in [2.24, 2.45) is 0 Å². The van der Waals surface area contributed by atoms with E-state index in [2.05, 4.69) is 15.5 Å². The van der Waals surface area contributed by atoms with Crippen molar-refractivity contribution in [3.63, 3.8) is 0 Å². The maximum Gasteiger partial charge on any atom is 0.261 e. The molecule has 7 heteroatoms. The summed E-state index contributed by atoms with van der Waals surface area (Å²) in [6, 6.07) is 19.2. The van der Waals surface area contributed by atoms with Gasteiger partial charge in [-0.15, -0.1) is 11.3 Å². The van der Waals surface area contributed by atoms with Gasteiger partial charge in [-0.05, 0) is 62.7 Å². The Morgan fingerprint density at radius 3 is 2.52 bits per heavy atom. The Labute approximate surface area is 184 Å². The maximum absolute atomic E-state index is 12.5. The number of rotatable bonds is 7. The van der Waals surface area contributed by atoms with E-state index in [-0.39, 0.29) is 12.0 Å². The van der Waals surface area contributed by atoms with Crippen molar-refractivity contribution in [3.8, 4) is 27.9 Å². The van der Waals surface area contributed by atoms with Crippen molar-refractivity contribution in [1.29, 1.82) is 0 Å². The molecule has 0 spiro atoms. The first kappa shape index (κ1) is 20.8. The lowest BCUT2D eigenvalue weighted by atomic mass is 10.1. The average molecular weight is 434 g/mol. The summed E-state index contributed by atoms with van der Waals surface area (Å²) in [5.41, 5.74) is 3.03. The second-order valence-electron chi connectivity index (χ2n) is 7.45. The predicted octanol–water partition coefficient (Wildman–Crippen LogP) is 5.49. The zero-order valence-corrected chi connectivity index (χ0v) is 18.4. The van der Waals surface area contributed by atoms with Gasteiger partial charge in [0, 0.05) is 12.1 Å².